The van der Waals surface area contributed by atoms with Crippen molar-refractivity contribution in [1.29, 1.82) is 0 Å². The predicted octanol–water partition coefficient (Wildman–Crippen LogP) is 4.25. The molecule has 1 aliphatic rings. The van der Waals surface area contributed by atoms with Crippen molar-refractivity contribution in [2.24, 2.45) is 5.92 Å². The smallest absolute Gasteiger partial charge is 0.133 e. The molecule has 0 heterocycles. The van der Waals surface area contributed by atoms with Gasteiger partial charge >= 0.3 is 0 Å². The van der Waals surface area contributed by atoms with Gasteiger partial charge in [0.05, 0.1) is 6.10 Å². The van der Waals surface area contributed by atoms with Crippen molar-refractivity contribution < 1.29 is 9.90 Å². The third kappa shape index (κ3) is 7.86. The molecular weight excluding hydrogens is 224 g/mol. The van der Waals surface area contributed by atoms with Gasteiger partial charge in [0.2, 0.25) is 0 Å². The zero-order chi connectivity index (χ0) is 13.2. The first-order chi connectivity index (χ1) is 8.68. The van der Waals surface area contributed by atoms with Crippen molar-refractivity contribution >= 4 is 5.78 Å². The monoisotopic (exact) mass is 254 g/mol. The molecule has 0 spiro atoms. The van der Waals surface area contributed by atoms with E-state index in [2.05, 4.69) is 6.92 Å². The van der Waals surface area contributed by atoms with E-state index in [4.69, 9.17) is 0 Å². The summed E-state index contributed by atoms with van der Waals surface area (Å²) in [6.45, 7) is 2.20. The molecule has 1 aliphatic carbocycles. The van der Waals surface area contributed by atoms with Gasteiger partial charge in [-0.1, -0.05) is 51.9 Å². The van der Waals surface area contributed by atoms with Crippen molar-refractivity contribution in [1.82, 2.24) is 0 Å². The summed E-state index contributed by atoms with van der Waals surface area (Å²) in [4.78, 5) is 11.8. The summed E-state index contributed by atoms with van der Waals surface area (Å²) in [5, 5.41) is 9.80. The number of Topliss-reactive ketones (excluding diaryl/α,β-unsaturated/α-hetero) is 1. The summed E-state index contributed by atoms with van der Waals surface area (Å²) in [5.74, 6) is 0.942. The second-order valence-electron chi connectivity index (χ2n) is 6.09. The lowest BCUT2D eigenvalue weighted by Crippen LogP contribution is -2.09. The van der Waals surface area contributed by atoms with E-state index in [1.54, 1.807) is 0 Å². The second kappa shape index (κ2) is 9.55. The van der Waals surface area contributed by atoms with Crippen molar-refractivity contribution in [2.45, 2.75) is 90.1 Å². The van der Waals surface area contributed by atoms with Gasteiger partial charge in [-0.2, -0.15) is 0 Å². The van der Waals surface area contributed by atoms with Crippen LogP contribution in [0.1, 0.15) is 84.0 Å². The summed E-state index contributed by atoms with van der Waals surface area (Å²) in [5.41, 5.74) is 0. The number of carbonyl (C=O) groups excluding carboxylic acids is 1. The molecule has 2 nitrogen and oxygen atoms in total. The molecule has 18 heavy (non-hydrogen) atoms. The van der Waals surface area contributed by atoms with E-state index < -0.39 is 0 Å². The topological polar surface area (TPSA) is 37.3 Å². The Hall–Kier alpha value is -0.370. The summed E-state index contributed by atoms with van der Waals surface area (Å²) < 4.78 is 0. The van der Waals surface area contributed by atoms with Gasteiger partial charge in [-0.25, -0.2) is 0 Å². The van der Waals surface area contributed by atoms with Gasteiger partial charge in [-0.05, 0) is 25.2 Å². The average Bonchev–Trinajstić information content (AvgIpc) is 2.31. The minimum absolute atomic E-state index is 0.180. The lowest BCUT2D eigenvalue weighted by molar-refractivity contribution is -0.120. The first-order valence-electron chi connectivity index (χ1n) is 7.88. The van der Waals surface area contributed by atoms with E-state index in [1.165, 1.54) is 38.5 Å². The molecule has 0 amide bonds. The summed E-state index contributed by atoms with van der Waals surface area (Å²) in [6, 6.07) is 0. The van der Waals surface area contributed by atoms with Gasteiger partial charge in [-0.15, -0.1) is 0 Å². The van der Waals surface area contributed by atoms with Gasteiger partial charge in [0.1, 0.15) is 5.78 Å². The zero-order valence-corrected chi connectivity index (χ0v) is 12.0. The molecule has 0 aliphatic heterocycles. The van der Waals surface area contributed by atoms with Gasteiger partial charge in [-0.3, -0.25) is 4.79 Å². The number of aliphatic hydroxyl groups excluding tert-OH is 1. The summed E-state index contributed by atoms with van der Waals surface area (Å²) >= 11 is 0. The minimum atomic E-state index is -0.180. The van der Waals surface area contributed by atoms with E-state index in [9.17, 15) is 9.90 Å². The van der Waals surface area contributed by atoms with Crippen LogP contribution in [0.15, 0.2) is 0 Å². The number of aliphatic hydroxyl groups is 1. The molecule has 0 aromatic carbocycles. The molecular formula is C16H30O2. The van der Waals surface area contributed by atoms with Crippen LogP contribution in [0.4, 0.5) is 0 Å². The van der Waals surface area contributed by atoms with Gasteiger partial charge in [0.25, 0.3) is 0 Å². The predicted molar refractivity (Wildman–Crippen MR) is 75.6 cm³/mol. The largest absolute Gasteiger partial charge is 0.393 e. The number of hydrogen-bond donors (Lipinski definition) is 1. The van der Waals surface area contributed by atoms with Crippen LogP contribution in [-0.2, 0) is 4.79 Å². The molecule has 0 saturated heterocycles. The molecule has 2 heteroatoms. The van der Waals surface area contributed by atoms with Gasteiger partial charge < -0.3 is 5.11 Å². The third-order valence-corrected chi connectivity index (χ3v) is 4.05. The molecule has 0 radical (unpaired) electrons. The molecule has 1 rings (SSSR count). The van der Waals surface area contributed by atoms with Crippen molar-refractivity contribution in [3.05, 3.63) is 0 Å². The van der Waals surface area contributed by atoms with Gasteiger partial charge in [0, 0.05) is 12.8 Å². The first-order valence-corrected chi connectivity index (χ1v) is 7.88. The summed E-state index contributed by atoms with van der Waals surface area (Å²) in [7, 11) is 0. The quantitative estimate of drug-likeness (QED) is 0.701. The Morgan fingerprint density at radius 1 is 0.889 bits per heavy atom. The zero-order valence-electron chi connectivity index (χ0n) is 12.0. The average molecular weight is 254 g/mol. The number of hydrogen-bond acceptors (Lipinski definition) is 2. The number of carbonyl (C=O) groups is 1. The van der Waals surface area contributed by atoms with E-state index in [-0.39, 0.29) is 6.10 Å². The van der Waals surface area contributed by atoms with Crippen LogP contribution in [-0.4, -0.2) is 17.0 Å². The van der Waals surface area contributed by atoms with Crippen molar-refractivity contribution in [3.8, 4) is 0 Å². The first kappa shape index (κ1) is 15.7. The Bertz CT molecular complexity index is 225. The highest BCUT2D eigenvalue weighted by Crippen LogP contribution is 2.18. The Balaban J connectivity index is 2.31. The number of ketones is 1. The molecule has 0 aromatic heterocycles. The normalized spacial score (nSPS) is 30.4. The van der Waals surface area contributed by atoms with Crippen LogP contribution in [0.3, 0.4) is 0 Å². The van der Waals surface area contributed by atoms with Crippen LogP contribution < -0.4 is 0 Å². The highest BCUT2D eigenvalue weighted by atomic mass is 16.3. The number of rotatable bonds is 0. The van der Waals surface area contributed by atoms with Crippen molar-refractivity contribution in [2.75, 3.05) is 0 Å². The highest BCUT2D eigenvalue weighted by molar-refractivity contribution is 5.78. The summed E-state index contributed by atoms with van der Waals surface area (Å²) in [6.07, 6.45) is 12.6. The fourth-order valence-corrected chi connectivity index (χ4v) is 2.85. The van der Waals surface area contributed by atoms with Crippen LogP contribution in [0, 0.1) is 5.92 Å². The molecule has 1 fully saturated rings. The van der Waals surface area contributed by atoms with Crippen molar-refractivity contribution in [3.63, 3.8) is 0 Å². The fraction of sp³-hybridized carbons (Fsp3) is 0.938. The Morgan fingerprint density at radius 2 is 1.44 bits per heavy atom. The maximum absolute atomic E-state index is 11.8. The molecule has 0 aromatic rings. The molecule has 0 bridgehead atoms. The van der Waals surface area contributed by atoms with E-state index in [0.717, 1.165) is 32.1 Å². The third-order valence-electron chi connectivity index (χ3n) is 4.05. The van der Waals surface area contributed by atoms with Crippen LogP contribution >= 0.6 is 0 Å². The molecule has 2 atom stereocenters. The maximum Gasteiger partial charge on any atom is 0.133 e. The van der Waals surface area contributed by atoms with E-state index in [0.29, 0.717) is 18.1 Å². The minimum Gasteiger partial charge on any atom is -0.393 e. The molecule has 1 unspecified atom stereocenters. The van der Waals surface area contributed by atoms with E-state index >= 15 is 0 Å². The Morgan fingerprint density at radius 3 is 2.17 bits per heavy atom. The van der Waals surface area contributed by atoms with Crippen LogP contribution in [0.5, 0.6) is 0 Å². The molecule has 1 N–H and O–H groups in total. The molecule has 106 valence electrons. The SMILES string of the molecule is C[C@@H]1CCCCCCCCC(O)CCCC(=O)C1. The van der Waals surface area contributed by atoms with Crippen LogP contribution in [0.2, 0.25) is 0 Å². The highest BCUT2D eigenvalue weighted by Gasteiger charge is 2.11. The lowest BCUT2D eigenvalue weighted by Gasteiger charge is -2.11. The molecule has 1 saturated carbocycles. The van der Waals surface area contributed by atoms with E-state index in [1.807, 2.05) is 0 Å². The van der Waals surface area contributed by atoms with Crippen LogP contribution in [0.25, 0.3) is 0 Å². The maximum atomic E-state index is 11.8. The Labute approximate surface area is 112 Å². The Kier molecular flexibility index (Phi) is 8.32. The fourth-order valence-electron chi connectivity index (χ4n) is 2.85. The standard InChI is InChI=1S/C16H30O2/c1-14-9-6-4-2-3-5-7-10-15(17)11-8-12-16(18)13-14/h14-15,17H,2-13H2,1H3/t14-,15?/m1/s1. The van der Waals surface area contributed by atoms with Gasteiger partial charge in [0.15, 0.2) is 0 Å². The lowest BCUT2D eigenvalue weighted by atomic mass is 9.95. The second-order valence-corrected chi connectivity index (χ2v) is 6.09.